The maximum Gasteiger partial charge on any atom is 0.326 e. The second-order valence-electron chi connectivity index (χ2n) is 6.82. The zero-order chi connectivity index (χ0) is 18.0. The lowest BCUT2D eigenvalue weighted by atomic mass is 10.1. The van der Waals surface area contributed by atoms with Crippen molar-refractivity contribution in [1.82, 2.24) is 14.5 Å². The number of carboxylic acid groups (broad SMARTS) is 1. The summed E-state index contributed by atoms with van der Waals surface area (Å²) in [5.74, 6) is 0.430. The van der Waals surface area contributed by atoms with Gasteiger partial charge in [0, 0.05) is 30.4 Å². The second-order valence-corrected chi connectivity index (χ2v) is 7.61. The molecule has 1 aliphatic carbocycles. The van der Waals surface area contributed by atoms with Crippen LogP contribution in [-0.4, -0.2) is 38.2 Å². The van der Waals surface area contributed by atoms with E-state index in [0.29, 0.717) is 33.8 Å². The Morgan fingerprint density at radius 2 is 2.15 bits per heavy atom. The number of aliphatic carboxylic acids is 1. The van der Waals surface area contributed by atoms with E-state index in [2.05, 4.69) is 9.97 Å². The lowest BCUT2D eigenvalue weighted by molar-refractivity contribution is -0.138. The van der Waals surface area contributed by atoms with Gasteiger partial charge in [-0.2, -0.15) is 0 Å². The second kappa shape index (κ2) is 5.59. The molecule has 6 nitrogen and oxygen atoms in total. The SMILES string of the molecule is O=C(O)[C@@H]1C2CC2CN1c1cc(-n2ccnc2)c2ccc(Cl)c(Cl)c2n1. The zero-order valence-corrected chi connectivity index (χ0v) is 15.0. The quantitative estimate of drug-likeness (QED) is 0.741. The van der Waals surface area contributed by atoms with Crippen LogP contribution in [0.4, 0.5) is 5.82 Å². The number of carbonyl (C=O) groups is 1. The molecule has 0 radical (unpaired) electrons. The van der Waals surface area contributed by atoms with E-state index in [1.54, 1.807) is 18.6 Å². The van der Waals surface area contributed by atoms with Crippen LogP contribution >= 0.6 is 23.2 Å². The monoisotopic (exact) mass is 388 g/mol. The van der Waals surface area contributed by atoms with Crippen LogP contribution in [0.5, 0.6) is 0 Å². The highest BCUT2D eigenvalue weighted by atomic mass is 35.5. The zero-order valence-electron chi connectivity index (χ0n) is 13.5. The van der Waals surface area contributed by atoms with Gasteiger partial charge in [-0.25, -0.2) is 14.8 Å². The normalized spacial score (nSPS) is 24.1. The molecule has 8 heteroatoms. The fraction of sp³-hybridized carbons (Fsp3) is 0.278. The summed E-state index contributed by atoms with van der Waals surface area (Å²) >= 11 is 12.6. The number of carboxylic acids is 1. The molecule has 3 aromatic rings. The maximum absolute atomic E-state index is 11.8. The van der Waals surface area contributed by atoms with Crippen molar-refractivity contribution < 1.29 is 9.90 Å². The Kier molecular flexibility index (Phi) is 3.42. The standard InChI is InChI=1S/C18H14Cl2N4O2/c19-12-2-1-10-13(23-4-3-21-8-23)6-14(22-16(10)15(12)20)24-7-9-5-11(9)17(24)18(25)26/h1-4,6,8-9,11,17H,5,7H2,(H,25,26)/t9?,11?,17-/m0/s1. The molecule has 2 aliphatic rings. The Hall–Kier alpha value is -2.31. The number of pyridine rings is 1. The number of aromatic nitrogens is 3. The van der Waals surface area contributed by atoms with Crippen molar-refractivity contribution in [3.8, 4) is 5.69 Å². The van der Waals surface area contributed by atoms with Crippen LogP contribution in [-0.2, 0) is 4.79 Å². The molecule has 2 aromatic heterocycles. The number of nitrogens with zero attached hydrogens (tertiary/aromatic N) is 4. The third kappa shape index (κ3) is 2.29. The Morgan fingerprint density at radius 3 is 2.88 bits per heavy atom. The van der Waals surface area contributed by atoms with Gasteiger partial charge in [0.15, 0.2) is 0 Å². The number of benzene rings is 1. The van der Waals surface area contributed by atoms with Crippen LogP contribution in [0.3, 0.4) is 0 Å². The third-order valence-corrected chi connectivity index (χ3v) is 6.11. The van der Waals surface area contributed by atoms with E-state index in [4.69, 9.17) is 23.2 Å². The van der Waals surface area contributed by atoms with Gasteiger partial charge in [-0.15, -0.1) is 0 Å². The predicted molar refractivity (Wildman–Crippen MR) is 99.3 cm³/mol. The maximum atomic E-state index is 11.8. The molecule has 2 fully saturated rings. The fourth-order valence-electron chi connectivity index (χ4n) is 3.98. The minimum atomic E-state index is -0.807. The van der Waals surface area contributed by atoms with E-state index in [0.717, 1.165) is 17.5 Å². The molecule has 2 unspecified atom stereocenters. The molecule has 0 spiro atoms. The minimum Gasteiger partial charge on any atom is -0.480 e. The van der Waals surface area contributed by atoms with Gasteiger partial charge in [0.1, 0.15) is 11.9 Å². The molecular weight excluding hydrogens is 375 g/mol. The molecule has 3 heterocycles. The van der Waals surface area contributed by atoms with Gasteiger partial charge in [-0.1, -0.05) is 23.2 Å². The molecule has 26 heavy (non-hydrogen) atoms. The van der Waals surface area contributed by atoms with Crippen molar-refractivity contribution >= 4 is 45.9 Å². The molecule has 1 saturated carbocycles. The number of hydrogen-bond donors (Lipinski definition) is 1. The summed E-state index contributed by atoms with van der Waals surface area (Å²) in [6, 6.07) is 4.96. The Morgan fingerprint density at radius 1 is 1.31 bits per heavy atom. The minimum absolute atomic E-state index is 0.205. The number of fused-ring (bicyclic) bond motifs is 2. The number of piperidine rings is 1. The Balaban J connectivity index is 1.74. The first-order valence-electron chi connectivity index (χ1n) is 8.31. The van der Waals surface area contributed by atoms with E-state index in [1.165, 1.54) is 0 Å². The van der Waals surface area contributed by atoms with Crippen molar-refractivity contribution in [2.75, 3.05) is 11.4 Å². The third-order valence-electron chi connectivity index (χ3n) is 5.32. The number of imidazole rings is 1. The van der Waals surface area contributed by atoms with E-state index >= 15 is 0 Å². The van der Waals surface area contributed by atoms with Crippen LogP contribution in [0.25, 0.3) is 16.6 Å². The predicted octanol–water partition coefficient (Wildman–Crippen LogP) is 3.64. The summed E-state index contributed by atoms with van der Waals surface area (Å²) in [5.41, 5.74) is 1.40. The lowest BCUT2D eigenvalue weighted by Crippen LogP contribution is -2.40. The van der Waals surface area contributed by atoms with Gasteiger partial charge in [-0.3, -0.25) is 0 Å². The van der Waals surface area contributed by atoms with E-state index in [1.807, 2.05) is 27.8 Å². The molecule has 1 aliphatic heterocycles. The molecule has 1 N–H and O–H groups in total. The topological polar surface area (TPSA) is 71.2 Å². The smallest absolute Gasteiger partial charge is 0.326 e. The first kappa shape index (κ1) is 15.9. The molecule has 0 bridgehead atoms. The summed E-state index contributed by atoms with van der Waals surface area (Å²) in [6.45, 7) is 0.696. The first-order chi connectivity index (χ1) is 12.5. The number of anilines is 1. The van der Waals surface area contributed by atoms with Crippen LogP contribution < -0.4 is 4.90 Å². The number of hydrogen-bond acceptors (Lipinski definition) is 4. The van der Waals surface area contributed by atoms with Crippen molar-refractivity contribution in [2.45, 2.75) is 12.5 Å². The van der Waals surface area contributed by atoms with Gasteiger partial charge in [0.25, 0.3) is 0 Å². The van der Waals surface area contributed by atoms with Gasteiger partial charge < -0.3 is 14.6 Å². The highest BCUT2D eigenvalue weighted by Gasteiger charge is 2.56. The van der Waals surface area contributed by atoms with Crippen LogP contribution in [0.1, 0.15) is 6.42 Å². The summed E-state index contributed by atoms with van der Waals surface area (Å²) in [4.78, 5) is 22.5. The van der Waals surface area contributed by atoms with Gasteiger partial charge >= 0.3 is 5.97 Å². The number of rotatable bonds is 3. The van der Waals surface area contributed by atoms with E-state index in [-0.39, 0.29) is 5.92 Å². The summed E-state index contributed by atoms with van der Waals surface area (Å²) in [7, 11) is 0. The summed E-state index contributed by atoms with van der Waals surface area (Å²) in [6.07, 6.45) is 6.19. The molecule has 0 amide bonds. The lowest BCUT2D eigenvalue weighted by Gasteiger charge is -2.26. The van der Waals surface area contributed by atoms with Gasteiger partial charge in [0.2, 0.25) is 0 Å². The Bertz CT molecular complexity index is 1040. The van der Waals surface area contributed by atoms with Crippen molar-refractivity contribution in [1.29, 1.82) is 0 Å². The highest BCUT2D eigenvalue weighted by Crippen LogP contribution is 2.51. The van der Waals surface area contributed by atoms with Crippen molar-refractivity contribution in [3.63, 3.8) is 0 Å². The number of halogens is 2. The summed E-state index contributed by atoms with van der Waals surface area (Å²) < 4.78 is 1.87. The molecule has 3 atom stereocenters. The first-order valence-corrected chi connectivity index (χ1v) is 9.06. The van der Waals surface area contributed by atoms with Gasteiger partial charge in [-0.05, 0) is 30.4 Å². The Labute approximate surface area is 159 Å². The van der Waals surface area contributed by atoms with E-state index in [9.17, 15) is 9.90 Å². The van der Waals surface area contributed by atoms with Crippen LogP contribution in [0.2, 0.25) is 10.0 Å². The molecule has 5 rings (SSSR count). The summed E-state index contributed by atoms with van der Waals surface area (Å²) in [5, 5.41) is 11.3. The van der Waals surface area contributed by atoms with E-state index < -0.39 is 12.0 Å². The average Bonchev–Trinajstić information content (AvgIpc) is 3.05. The average molecular weight is 389 g/mol. The van der Waals surface area contributed by atoms with Gasteiger partial charge in [0.05, 0.1) is 27.6 Å². The van der Waals surface area contributed by atoms with Crippen molar-refractivity contribution in [3.05, 3.63) is 47.0 Å². The van der Waals surface area contributed by atoms with Crippen LogP contribution in [0.15, 0.2) is 36.9 Å². The molecular formula is C18H14Cl2N4O2. The molecule has 132 valence electrons. The molecule has 1 saturated heterocycles. The fourth-order valence-corrected chi connectivity index (χ4v) is 4.34. The van der Waals surface area contributed by atoms with Crippen molar-refractivity contribution in [2.24, 2.45) is 11.8 Å². The molecule has 1 aromatic carbocycles. The van der Waals surface area contributed by atoms with Crippen LogP contribution in [0, 0.1) is 11.8 Å². The highest BCUT2D eigenvalue weighted by molar-refractivity contribution is 6.45. The largest absolute Gasteiger partial charge is 0.480 e.